The lowest BCUT2D eigenvalue weighted by molar-refractivity contribution is 0.0664. The van der Waals surface area contributed by atoms with E-state index >= 15 is 0 Å². The predicted octanol–water partition coefficient (Wildman–Crippen LogP) is 0.720. The summed E-state index contributed by atoms with van der Waals surface area (Å²) < 4.78 is 3.33. The van der Waals surface area contributed by atoms with Gasteiger partial charge in [-0.05, 0) is 18.8 Å². The number of hydrogen-bond acceptors (Lipinski definition) is 5. The molecule has 0 N–H and O–H groups in total. The zero-order valence-corrected chi connectivity index (χ0v) is 14.5. The van der Waals surface area contributed by atoms with Gasteiger partial charge in [0.2, 0.25) is 0 Å². The maximum Gasteiger partial charge on any atom is 0.345 e. The molecule has 2 bridgehead atoms. The summed E-state index contributed by atoms with van der Waals surface area (Å²) >= 11 is 0. The van der Waals surface area contributed by atoms with E-state index in [1.807, 2.05) is 4.90 Å². The first kappa shape index (κ1) is 16.0. The van der Waals surface area contributed by atoms with Crippen LogP contribution in [0.5, 0.6) is 0 Å². The van der Waals surface area contributed by atoms with Crippen LogP contribution in [0.15, 0.2) is 23.5 Å². The van der Waals surface area contributed by atoms with E-state index in [0.717, 1.165) is 18.7 Å². The van der Waals surface area contributed by atoms with Crippen LogP contribution in [0.3, 0.4) is 0 Å². The molecule has 0 spiro atoms. The second-order valence-electron chi connectivity index (χ2n) is 7.31. The minimum absolute atomic E-state index is 0.0216. The lowest BCUT2D eigenvalue weighted by Crippen LogP contribution is -2.43. The van der Waals surface area contributed by atoms with Crippen molar-refractivity contribution in [3.05, 3.63) is 40.6 Å². The van der Waals surface area contributed by atoms with Gasteiger partial charge in [0.1, 0.15) is 12.2 Å². The van der Waals surface area contributed by atoms with Gasteiger partial charge in [-0.3, -0.25) is 9.36 Å². The fraction of sp³-hybridized carbons (Fsp3) is 0.588. The largest absolute Gasteiger partial charge is 0.345 e. The van der Waals surface area contributed by atoms with Gasteiger partial charge in [-0.2, -0.15) is 5.10 Å². The third-order valence-corrected chi connectivity index (χ3v) is 5.01. The van der Waals surface area contributed by atoms with Crippen molar-refractivity contribution in [1.29, 1.82) is 0 Å². The van der Waals surface area contributed by atoms with Crippen LogP contribution in [-0.4, -0.2) is 47.2 Å². The fourth-order valence-corrected chi connectivity index (χ4v) is 3.94. The van der Waals surface area contributed by atoms with Gasteiger partial charge in [-0.25, -0.2) is 19.4 Å². The van der Waals surface area contributed by atoms with Crippen molar-refractivity contribution in [3.63, 3.8) is 0 Å². The van der Waals surface area contributed by atoms with Gasteiger partial charge in [0.25, 0.3) is 5.91 Å². The molecule has 0 aliphatic carbocycles. The summed E-state index contributed by atoms with van der Waals surface area (Å²) in [5.74, 6) is 1.10. The Balaban J connectivity index is 1.64. The molecule has 4 rings (SSSR count). The van der Waals surface area contributed by atoms with Crippen molar-refractivity contribution in [2.45, 2.75) is 58.3 Å². The molecule has 2 aromatic rings. The Kier molecular flexibility index (Phi) is 3.89. The number of rotatable bonds is 3. The van der Waals surface area contributed by atoms with Gasteiger partial charge >= 0.3 is 5.69 Å². The van der Waals surface area contributed by atoms with Gasteiger partial charge in [0.05, 0.1) is 11.6 Å². The molecule has 25 heavy (non-hydrogen) atoms. The Morgan fingerprint density at radius 3 is 2.68 bits per heavy atom. The highest BCUT2D eigenvalue weighted by molar-refractivity contribution is 5.94. The normalized spacial score (nSPS) is 22.1. The van der Waals surface area contributed by atoms with E-state index in [2.05, 4.69) is 28.9 Å². The predicted molar refractivity (Wildman–Crippen MR) is 90.0 cm³/mol. The number of amides is 1. The van der Waals surface area contributed by atoms with Crippen molar-refractivity contribution in [2.75, 3.05) is 0 Å². The highest BCUT2D eigenvalue weighted by atomic mass is 16.2. The molecule has 0 aromatic carbocycles. The number of aromatic nitrogens is 5. The summed E-state index contributed by atoms with van der Waals surface area (Å²) in [5.41, 5.74) is 0.433. The Morgan fingerprint density at radius 2 is 1.96 bits per heavy atom. The van der Waals surface area contributed by atoms with E-state index in [1.54, 1.807) is 21.6 Å². The second kappa shape index (κ2) is 6.09. The van der Waals surface area contributed by atoms with E-state index in [1.165, 1.54) is 6.33 Å². The van der Waals surface area contributed by atoms with Gasteiger partial charge in [-0.15, -0.1) is 0 Å². The van der Waals surface area contributed by atoms with Crippen LogP contribution >= 0.6 is 0 Å². The minimum Gasteiger partial charge on any atom is -0.330 e. The van der Waals surface area contributed by atoms with Crippen LogP contribution in [0, 0.1) is 5.92 Å². The molecule has 0 saturated carbocycles. The standard InChI is InChI=1S/C17H22N6O2/c1-11(2)8-22-17(25)21-9-14-4-3-13(5-15(21)20-22)23(14)16(24)12-6-18-10-19-7-12/h6-7,10-11,13-14H,3-5,8-9H2,1-2H3. The lowest BCUT2D eigenvalue weighted by atomic mass is 10.1. The monoisotopic (exact) mass is 342 g/mol. The average molecular weight is 342 g/mol. The molecular weight excluding hydrogens is 320 g/mol. The third-order valence-electron chi connectivity index (χ3n) is 5.01. The fourth-order valence-electron chi connectivity index (χ4n) is 3.94. The number of fused-ring (bicyclic) bond motifs is 3. The summed E-state index contributed by atoms with van der Waals surface area (Å²) in [6.07, 6.45) is 6.99. The van der Waals surface area contributed by atoms with Crippen LogP contribution in [-0.2, 0) is 19.5 Å². The summed E-state index contributed by atoms with van der Waals surface area (Å²) in [6.45, 7) is 5.28. The van der Waals surface area contributed by atoms with Crippen LogP contribution in [0.2, 0.25) is 0 Å². The first-order valence-electron chi connectivity index (χ1n) is 8.78. The van der Waals surface area contributed by atoms with Gasteiger partial charge in [0, 0.05) is 37.9 Å². The van der Waals surface area contributed by atoms with E-state index in [9.17, 15) is 9.59 Å². The van der Waals surface area contributed by atoms with Crippen molar-refractivity contribution in [3.8, 4) is 0 Å². The van der Waals surface area contributed by atoms with Crippen molar-refractivity contribution < 1.29 is 4.79 Å². The lowest BCUT2D eigenvalue weighted by Gasteiger charge is -2.27. The molecule has 2 aliphatic rings. The maximum atomic E-state index is 12.9. The Morgan fingerprint density at radius 1 is 1.24 bits per heavy atom. The molecule has 2 aliphatic heterocycles. The quantitative estimate of drug-likeness (QED) is 0.820. The molecule has 132 valence electrons. The average Bonchev–Trinajstić information content (AvgIpc) is 3.04. The van der Waals surface area contributed by atoms with Gasteiger partial charge in [0.15, 0.2) is 0 Å². The Bertz CT molecular complexity index is 841. The van der Waals surface area contributed by atoms with E-state index in [4.69, 9.17) is 0 Å². The molecule has 8 heteroatoms. The van der Waals surface area contributed by atoms with Crippen molar-refractivity contribution in [1.82, 2.24) is 29.2 Å². The Hall–Kier alpha value is -2.51. The minimum atomic E-state index is -0.0632. The maximum absolute atomic E-state index is 12.9. The van der Waals surface area contributed by atoms with Gasteiger partial charge < -0.3 is 4.90 Å². The Labute approximate surface area is 145 Å². The van der Waals surface area contributed by atoms with E-state index in [-0.39, 0.29) is 23.7 Å². The van der Waals surface area contributed by atoms with Crippen LogP contribution in [0.1, 0.15) is 42.9 Å². The highest BCUT2D eigenvalue weighted by Gasteiger charge is 2.41. The molecule has 4 heterocycles. The summed E-state index contributed by atoms with van der Waals surface area (Å²) in [6, 6.07) is 0.0987. The first-order valence-corrected chi connectivity index (χ1v) is 8.78. The summed E-state index contributed by atoms with van der Waals surface area (Å²) in [7, 11) is 0. The topological polar surface area (TPSA) is 85.9 Å². The number of carbonyl (C=O) groups excluding carboxylic acids is 1. The molecule has 2 unspecified atom stereocenters. The van der Waals surface area contributed by atoms with Gasteiger partial charge in [-0.1, -0.05) is 13.8 Å². The summed E-state index contributed by atoms with van der Waals surface area (Å²) in [5, 5.41) is 4.54. The zero-order chi connectivity index (χ0) is 17.6. The van der Waals surface area contributed by atoms with Crippen molar-refractivity contribution >= 4 is 5.91 Å². The molecule has 1 fully saturated rings. The van der Waals surface area contributed by atoms with Crippen LogP contribution in [0.4, 0.5) is 0 Å². The second-order valence-corrected chi connectivity index (χ2v) is 7.31. The van der Waals surface area contributed by atoms with E-state index in [0.29, 0.717) is 31.0 Å². The van der Waals surface area contributed by atoms with Crippen molar-refractivity contribution in [2.24, 2.45) is 5.92 Å². The summed E-state index contributed by atoms with van der Waals surface area (Å²) in [4.78, 5) is 35.4. The first-order chi connectivity index (χ1) is 12.0. The molecule has 1 saturated heterocycles. The molecule has 2 atom stereocenters. The number of carbonyl (C=O) groups is 1. The van der Waals surface area contributed by atoms with E-state index < -0.39 is 0 Å². The van der Waals surface area contributed by atoms with Crippen LogP contribution < -0.4 is 5.69 Å². The SMILES string of the molecule is CC(C)Cn1nc2n(c1=O)CC1CCC(C2)N1C(=O)c1cncnc1. The molecular formula is C17H22N6O2. The smallest absolute Gasteiger partial charge is 0.330 e. The third kappa shape index (κ3) is 2.75. The number of hydrogen-bond donors (Lipinski definition) is 0. The number of nitrogens with zero attached hydrogens (tertiary/aromatic N) is 6. The van der Waals surface area contributed by atoms with Crippen LogP contribution in [0.25, 0.3) is 0 Å². The molecule has 8 nitrogen and oxygen atoms in total. The zero-order valence-electron chi connectivity index (χ0n) is 14.5. The molecule has 2 aromatic heterocycles. The molecule has 0 radical (unpaired) electrons. The molecule has 1 amide bonds. The highest BCUT2D eigenvalue weighted by Crippen LogP contribution is 2.31.